The number of nitrogen functional groups attached to an aromatic ring is 1. The van der Waals surface area contributed by atoms with Crippen LogP contribution in [-0.4, -0.2) is 23.0 Å². The summed E-state index contributed by atoms with van der Waals surface area (Å²) < 4.78 is 44.5. The van der Waals surface area contributed by atoms with E-state index in [1.54, 1.807) is 6.07 Å². The molecule has 0 saturated heterocycles. The Bertz CT molecular complexity index is 1100. The summed E-state index contributed by atoms with van der Waals surface area (Å²) in [4.78, 5) is 28.6. The number of aromatic nitrogens is 1. The highest BCUT2D eigenvalue weighted by molar-refractivity contribution is 7.22. The number of esters is 1. The third-order valence-electron chi connectivity index (χ3n) is 3.83. The molecular formula is C18H13ClF3N3O3S. The lowest BCUT2D eigenvalue weighted by Gasteiger charge is -2.15. The zero-order valence-corrected chi connectivity index (χ0v) is 16.3. The van der Waals surface area contributed by atoms with Gasteiger partial charge >= 0.3 is 12.1 Å². The Kier molecular flexibility index (Phi) is 5.67. The predicted molar refractivity (Wildman–Crippen MR) is 104 cm³/mol. The number of anilines is 2. The molecule has 3 aromatic rings. The monoisotopic (exact) mass is 443 g/mol. The Morgan fingerprint density at radius 2 is 1.97 bits per heavy atom. The van der Waals surface area contributed by atoms with E-state index in [-0.39, 0.29) is 11.3 Å². The van der Waals surface area contributed by atoms with Gasteiger partial charge < -0.3 is 15.8 Å². The zero-order chi connectivity index (χ0) is 21.3. The van der Waals surface area contributed by atoms with Crippen LogP contribution in [0.5, 0.6) is 0 Å². The van der Waals surface area contributed by atoms with Crippen molar-refractivity contribution in [2.45, 2.75) is 19.2 Å². The number of thiazole rings is 1. The molecule has 1 atom stereocenters. The number of ether oxygens (including phenoxy) is 1. The fraction of sp³-hybridized carbons (Fsp3) is 0.167. The summed E-state index contributed by atoms with van der Waals surface area (Å²) in [6.07, 6.45) is -5.93. The smallest absolute Gasteiger partial charge is 0.417 e. The minimum absolute atomic E-state index is 0.129. The number of hydrogen-bond acceptors (Lipinski definition) is 6. The normalized spacial score (nSPS) is 12.6. The molecule has 1 amide bonds. The summed E-state index contributed by atoms with van der Waals surface area (Å²) in [5.41, 5.74) is 5.21. The highest BCUT2D eigenvalue weighted by atomic mass is 35.5. The molecule has 1 unspecified atom stereocenters. The maximum absolute atomic E-state index is 12.9. The first-order chi connectivity index (χ1) is 13.5. The van der Waals surface area contributed by atoms with Crippen LogP contribution in [0.2, 0.25) is 5.02 Å². The molecule has 0 bridgehead atoms. The Balaban J connectivity index is 1.69. The van der Waals surface area contributed by atoms with Gasteiger partial charge in [-0.15, -0.1) is 0 Å². The largest absolute Gasteiger partial charge is 0.449 e. The van der Waals surface area contributed by atoms with Gasteiger partial charge in [0.25, 0.3) is 5.91 Å². The van der Waals surface area contributed by atoms with Gasteiger partial charge in [0.15, 0.2) is 11.2 Å². The van der Waals surface area contributed by atoms with Crippen LogP contribution in [0, 0.1) is 0 Å². The molecule has 0 aliphatic carbocycles. The molecule has 11 heteroatoms. The van der Waals surface area contributed by atoms with Crippen molar-refractivity contribution in [3.63, 3.8) is 0 Å². The Labute approximate surface area is 171 Å². The van der Waals surface area contributed by atoms with Crippen molar-refractivity contribution in [2.75, 3.05) is 11.1 Å². The van der Waals surface area contributed by atoms with Gasteiger partial charge in [-0.3, -0.25) is 4.79 Å². The van der Waals surface area contributed by atoms with E-state index in [2.05, 4.69) is 10.3 Å². The highest BCUT2D eigenvalue weighted by Crippen LogP contribution is 2.36. The van der Waals surface area contributed by atoms with Crippen LogP contribution in [-0.2, 0) is 15.7 Å². The molecule has 29 heavy (non-hydrogen) atoms. The maximum Gasteiger partial charge on any atom is 0.417 e. The Hall–Kier alpha value is -2.85. The first-order valence-electron chi connectivity index (χ1n) is 8.09. The summed E-state index contributed by atoms with van der Waals surface area (Å²) >= 11 is 6.74. The fourth-order valence-electron chi connectivity index (χ4n) is 2.42. The predicted octanol–water partition coefficient (Wildman–Crippen LogP) is 4.73. The molecule has 3 N–H and O–H groups in total. The van der Waals surface area contributed by atoms with Gasteiger partial charge in [0.05, 0.1) is 26.4 Å². The number of halogens is 4. The maximum atomic E-state index is 12.9. The van der Waals surface area contributed by atoms with Gasteiger partial charge in [0, 0.05) is 5.69 Å². The van der Waals surface area contributed by atoms with E-state index in [0.29, 0.717) is 21.4 Å². The number of fused-ring (bicyclic) bond motifs is 1. The standard InChI is InChI=1S/C18H13ClF3N3O3S/c1-8(15(26)24-10-3-4-12(19)11(7-10)18(20,21)22)28-16(27)9-2-5-13-14(6-9)29-17(23)25-13/h2-8H,1H3,(H2,23,25)(H,24,26). The first-order valence-corrected chi connectivity index (χ1v) is 9.28. The van der Waals surface area contributed by atoms with Crippen LogP contribution in [0.15, 0.2) is 36.4 Å². The van der Waals surface area contributed by atoms with Crippen molar-refractivity contribution in [1.82, 2.24) is 4.98 Å². The van der Waals surface area contributed by atoms with E-state index in [9.17, 15) is 22.8 Å². The molecule has 0 aliphatic heterocycles. The quantitative estimate of drug-likeness (QED) is 0.568. The molecule has 0 radical (unpaired) electrons. The van der Waals surface area contributed by atoms with Crippen molar-refractivity contribution < 1.29 is 27.5 Å². The molecule has 1 aromatic heterocycles. The molecule has 1 heterocycles. The van der Waals surface area contributed by atoms with E-state index in [4.69, 9.17) is 22.1 Å². The minimum atomic E-state index is -4.67. The number of alkyl halides is 3. The average Bonchev–Trinajstić information content (AvgIpc) is 3.01. The van der Waals surface area contributed by atoms with Crippen molar-refractivity contribution in [3.8, 4) is 0 Å². The molecule has 0 fully saturated rings. The average molecular weight is 444 g/mol. The van der Waals surface area contributed by atoms with E-state index >= 15 is 0 Å². The summed E-state index contributed by atoms with van der Waals surface area (Å²) in [5, 5.41) is 2.13. The van der Waals surface area contributed by atoms with Gasteiger partial charge in [-0.25, -0.2) is 9.78 Å². The van der Waals surface area contributed by atoms with Crippen molar-refractivity contribution in [2.24, 2.45) is 0 Å². The lowest BCUT2D eigenvalue weighted by Crippen LogP contribution is -2.30. The van der Waals surface area contributed by atoms with Crippen molar-refractivity contribution in [1.29, 1.82) is 0 Å². The number of benzene rings is 2. The number of rotatable bonds is 4. The fourth-order valence-corrected chi connectivity index (χ4v) is 3.41. The SMILES string of the molecule is CC(OC(=O)c1ccc2nc(N)sc2c1)C(=O)Nc1ccc(Cl)c(C(F)(F)F)c1. The van der Waals surface area contributed by atoms with Gasteiger partial charge in [-0.1, -0.05) is 22.9 Å². The summed E-state index contributed by atoms with van der Waals surface area (Å²) in [7, 11) is 0. The molecule has 0 saturated carbocycles. The Morgan fingerprint density at radius 1 is 1.24 bits per heavy atom. The number of nitrogens with zero attached hydrogens (tertiary/aromatic N) is 1. The second-order valence-corrected chi connectivity index (χ2v) is 7.43. The summed E-state index contributed by atoms with van der Waals surface area (Å²) in [6, 6.07) is 7.54. The van der Waals surface area contributed by atoms with Gasteiger partial charge in [0.1, 0.15) is 0 Å². The molecule has 152 valence electrons. The lowest BCUT2D eigenvalue weighted by atomic mass is 10.2. The summed E-state index contributed by atoms with van der Waals surface area (Å²) in [6.45, 7) is 1.30. The number of carbonyl (C=O) groups excluding carboxylic acids is 2. The molecule has 0 spiro atoms. The number of nitrogens with two attached hydrogens (primary N) is 1. The number of nitrogens with one attached hydrogen (secondary N) is 1. The van der Waals surface area contributed by atoms with Crippen LogP contribution < -0.4 is 11.1 Å². The third-order valence-corrected chi connectivity index (χ3v) is 5.01. The molecule has 6 nitrogen and oxygen atoms in total. The molecule has 3 rings (SSSR count). The Morgan fingerprint density at radius 3 is 2.66 bits per heavy atom. The molecular weight excluding hydrogens is 431 g/mol. The molecule has 2 aromatic carbocycles. The van der Waals surface area contributed by atoms with Crippen LogP contribution in [0.4, 0.5) is 24.0 Å². The second-order valence-electron chi connectivity index (χ2n) is 5.96. The van der Waals surface area contributed by atoms with Gasteiger partial charge in [-0.2, -0.15) is 13.2 Å². The van der Waals surface area contributed by atoms with E-state index in [1.807, 2.05) is 0 Å². The van der Waals surface area contributed by atoms with E-state index < -0.39 is 34.7 Å². The summed E-state index contributed by atoms with van der Waals surface area (Å²) in [5.74, 6) is -1.56. The van der Waals surface area contributed by atoms with Crippen LogP contribution in [0.1, 0.15) is 22.8 Å². The van der Waals surface area contributed by atoms with E-state index in [1.165, 1.54) is 36.5 Å². The van der Waals surface area contributed by atoms with Crippen LogP contribution in [0.3, 0.4) is 0 Å². The van der Waals surface area contributed by atoms with Gasteiger partial charge in [-0.05, 0) is 43.3 Å². The molecule has 0 aliphatic rings. The number of amides is 1. The van der Waals surface area contributed by atoms with Crippen LogP contribution >= 0.6 is 22.9 Å². The minimum Gasteiger partial charge on any atom is -0.449 e. The lowest BCUT2D eigenvalue weighted by molar-refractivity contribution is -0.137. The zero-order valence-electron chi connectivity index (χ0n) is 14.7. The number of carbonyl (C=O) groups is 2. The van der Waals surface area contributed by atoms with Crippen molar-refractivity contribution in [3.05, 3.63) is 52.5 Å². The second kappa shape index (κ2) is 7.88. The van der Waals surface area contributed by atoms with E-state index in [0.717, 1.165) is 6.07 Å². The number of hydrogen-bond donors (Lipinski definition) is 2. The third kappa shape index (κ3) is 4.77. The van der Waals surface area contributed by atoms with Crippen molar-refractivity contribution >= 4 is 55.8 Å². The van der Waals surface area contributed by atoms with Crippen LogP contribution in [0.25, 0.3) is 10.2 Å². The van der Waals surface area contributed by atoms with Gasteiger partial charge in [0.2, 0.25) is 0 Å². The first kappa shape index (κ1) is 20.9. The highest BCUT2D eigenvalue weighted by Gasteiger charge is 2.33. The topological polar surface area (TPSA) is 94.3 Å².